The summed E-state index contributed by atoms with van der Waals surface area (Å²) in [6.45, 7) is 1.94. The van der Waals surface area contributed by atoms with Crippen LogP contribution in [-0.2, 0) is 4.74 Å². The molecule has 3 nitrogen and oxygen atoms in total. The average molecular weight is 285 g/mol. The standard InChI is InChI=1S/C10H11Cl2NO2.ClH/c11-6-3-7(12)10(9(14)4-6)8-5-15-2-1-13-8;/h3-4,8,13-14H,1-2,5H2;1H/t8-;/m0./s1. The molecule has 1 aliphatic heterocycles. The zero-order valence-electron chi connectivity index (χ0n) is 8.37. The topological polar surface area (TPSA) is 41.5 Å². The molecule has 0 spiro atoms. The third-order valence-electron chi connectivity index (χ3n) is 2.34. The number of benzene rings is 1. The SMILES string of the molecule is Cl.Oc1cc(Cl)cc(Cl)c1[C@@H]1COCCN1. The van der Waals surface area contributed by atoms with E-state index in [0.29, 0.717) is 28.8 Å². The molecule has 1 aromatic rings. The minimum absolute atomic E-state index is 0. The number of halogens is 3. The van der Waals surface area contributed by atoms with Gasteiger partial charge >= 0.3 is 0 Å². The Labute approximate surface area is 110 Å². The van der Waals surface area contributed by atoms with E-state index in [1.165, 1.54) is 6.07 Å². The lowest BCUT2D eigenvalue weighted by atomic mass is 10.1. The van der Waals surface area contributed by atoms with Crippen LogP contribution in [0.4, 0.5) is 0 Å². The fraction of sp³-hybridized carbons (Fsp3) is 0.400. The maximum Gasteiger partial charge on any atom is 0.123 e. The molecular weight excluding hydrogens is 272 g/mol. The normalized spacial score (nSPS) is 20.2. The Bertz CT molecular complexity index is 344. The van der Waals surface area contributed by atoms with Gasteiger partial charge < -0.3 is 15.2 Å². The van der Waals surface area contributed by atoms with Crippen LogP contribution in [0.5, 0.6) is 5.75 Å². The third-order valence-corrected chi connectivity index (χ3v) is 2.87. The minimum atomic E-state index is -0.0662. The molecule has 1 aliphatic rings. The van der Waals surface area contributed by atoms with Crippen molar-refractivity contribution in [1.82, 2.24) is 5.32 Å². The molecule has 0 aliphatic carbocycles. The van der Waals surface area contributed by atoms with Crippen LogP contribution in [-0.4, -0.2) is 24.9 Å². The van der Waals surface area contributed by atoms with Gasteiger partial charge in [-0.25, -0.2) is 0 Å². The molecule has 0 unspecified atom stereocenters. The summed E-state index contributed by atoms with van der Waals surface area (Å²) in [5.74, 6) is 0.107. The molecule has 1 saturated heterocycles. The maximum absolute atomic E-state index is 9.76. The molecule has 0 saturated carbocycles. The van der Waals surface area contributed by atoms with Crippen LogP contribution in [0.15, 0.2) is 12.1 Å². The van der Waals surface area contributed by atoms with Gasteiger partial charge in [-0.1, -0.05) is 23.2 Å². The predicted octanol–water partition coefficient (Wildman–Crippen LogP) is 2.78. The van der Waals surface area contributed by atoms with E-state index in [9.17, 15) is 5.11 Å². The summed E-state index contributed by atoms with van der Waals surface area (Å²) < 4.78 is 5.31. The van der Waals surface area contributed by atoms with Crippen molar-refractivity contribution in [2.75, 3.05) is 19.8 Å². The van der Waals surface area contributed by atoms with Crippen molar-refractivity contribution in [3.8, 4) is 5.75 Å². The Morgan fingerprint density at radius 1 is 1.38 bits per heavy atom. The first kappa shape index (κ1) is 13.9. The van der Waals surface area contributed by atoms with E-state index in [2.05, 4.69) is 5.32 Å². The van der Waals surface area contributed by atoms with E-state index < -0.39 is 0 Å². The average Bonchev–Trinajstić information content (AvgIpc) is 2.17. The number of hydrogen-bond acceptors (Lipinski definition) is 3. The van der Waals surface area contributed by atoms with Gasteiger partial charge in [0, 0.05) is 17.1 Å². The molecule has 16 heavy (non-hydrogen) atoms. The van der Waals surface area contributed by atoms with E-state index in [0.717, 1.165) is 6.54 Å². The summed E-state index contributed by atoms with van der Waals surface area (Å²) in [5, 5.41) is 13.9. The van der Waals surface area contributed by atoms with Gasteiger partial charge in [-0.15, -0.1) is 12.4 Å². The number of ether oxygens (including phenoxy) is 1. The van der Waals surface area contributed by atoms with E-state index in [-0.39, 0.29) is 24.2 Å². The lowest BCUT2D eigenvalue weighted by Crippen LogP contribution is -2.34. The fourth-order valence-corrected chi connectivity index (χ4v) is 2.28. The molecule has 1 atom stereocenters. The molecule has 1 heterocycles. The monoisotopic (exact) mass is 283 g/mol. The van der Waals surface area contributed by atoms with Crippen LogP contribution in [0, 0.1) is 0 Å². The zero-order valence-corrected chi connectivity index (χ0v) is 10.7. The highest BCUT2D eigenvalue weighted by Gasteiger charge is 2.21. The summed E-state index contributed by atoms with van der Waals surface area (Å²) in [5.41, 5.74) is 0.653. The lowest BCUT2D eigenvalue weighted by Gasteiger charge is -2.25. The minimum Gasteiger partial charge on any atom is -0.507 e. The van der Waals surface area contributed by atoms with Crippen molar-refractivity contribution in [3.63, 3.8) is 0 Å². The van der Waals surface area contributed by atoms with E-state index in [1.54, 1.807) is 6.07 Å². The molecular formula is C10H12Cl3NO2. The smallest absolute Gasteiger partial charge is 0.123 e. The van der Waals surface area contributed by atoms with Gasteiger partial charge in [0.25, 0.3) is 0 Å². The highest BCUT2D eigenvalue weighted by Crippen LogP contribution is 2.35. The molecule has 0 bridgehead atoms. The van der Waals surface area contributed by atoms with Crippen LogP contribution in [0.25, 0.3) is 0 Å². The Hall–Kier alpha value is -0.190. The Morgan fingerprint density at radius 2 is 2.12 bits per heavy atom. The van der Waals surface area contributed by atoms with E-state index in [1.807, 2.05) is 0 Å². The molecule has 0 radical (unpaired) electrons. The molecule has 2 rings (SSSR count). The zero-order chi connectivity index (χ0) is 10.8. The van der Waals surface area contributed by atoms with Gasteiger partial charge in [0.15, 0.2) is 0 Å². The van der Waals surface area contributed by atoms with E-state index >= 15 is 0 Å². The van der Waals surface area contributed by atoms with Crippen LogP contribution < -0.4 is 5.32 Å². The van der Waals surface area contributed by atoms with Gasteiger partial charge in [-0.2, -0.15) is 0 Å². The molecule has 90 valence electrons. The first-order valence-corrected chi connectivity index (χ1v) is 5.43. The van der Waals surface area contributed by atoms with Gasteiger partial charge in [0.2, 0.25) is 0 Å². The molecule has 0 aromatic heterocycles. The number of hydrogen-bond donors (Lipinski definition) is 2. The number of morpholine rings is 1. The van der Waals surface area contributed by atoms with Crippen molar-refractivity contribution < 1.29 is 9.84 Å². The van der Waals surface area contributed by atoms with Crippen molar-refractivity contribution in [3.05, 3.63) is 27.7 Å². The highest BCUT2D eigenvalue weighted by molar-refractivity contribution is 6.35. The second-order valence-electron chi connectivity index (χ2n) is 3.40. The second-order valence-corrected chi connectivity index (χ2v) is 4.25. The van der Waals surface area contributed by atoms with Gasteiger partial charge in [-0.05, 0) is 12.1 Å². The number of phenolic OH excluding ortho intramolecular Hbond substituents is 1. The molecule has 1 fully saturated rings. The van der Waals surface area contributed by atoms with Gasteiger partial charge in [0.1, 0.15) is 5.75 Å². The Kier molecular flexibility index (Phi) is 5.15. The quantitative estimate of drug-likeness (QED) is 0.833. The van der Waals surface area contributed by atoms with E-state index in [4.69, 9.17) is 27.9 Å². The lowest BCUT2D eigenvalue weighted by molar-refractivity contribution is 0.0761. The van der Waals surface area contributed by atoms with Crippen molar-refractivity contribution in [1.29, 1.82) is 0 Å². The molecule has 6 heteroatoms. The van der Waals surface area contributed by atoms with Crippen molar-refractivity contribution in [2.24, 2.45) is 0 Å². The van der Waals surface area contributed by atoms with Gasteiger partial charge in [0.05, 0.1) is 24.3 Å². The molecule has 0 amide bonds. The predicted molar refractivity (Wildman–Crippen MR) is 66.9 cm³/mol. The van der Waals surface area contributed by atoms with Crippen LogP contribution in [0.3, 0.4) is 0 Å². The van der Waals surface area contributed by atoms with Gasteiger partial charge in [-0.3, -0.25) is 0 Å². The summed E-state index contributed by atoms with van der Waals surface area (Å²) in [6.07, 6.45) is 0. The number of aromatic hydroxyl groups is 1. The Balaban J connectivity index is 0.00000128. The largest absolute Gasteiger partial charge is 0.507 e. The second kappa shape index (κ2) is 5.94. The fourth-order valence-electron chi connectivity index (χ4n) is 1.67. The van der Waals surface area contributed by atoms with Crippen LogP contribution >= 0.6 is 35.6 Å². The first-order valence-electron chi connectivity index (χ1n) is 4.67. The highest BCUT2D eigenvalue weighted by atomic mass is 35.5. The summed E-state index contributed by atoms with van der Waals surface area (Å²) in [6, 6.07) is 3.04. The van der Waals surface area contributed by atoms with Crippen LogP contribution in [0.2, 0.25) is 10.0 Å². The number of phenols is 1. The van der Waals surface area contributed by atoms with Crippen molar-refractivity contribution >= 4 is 35.6 Å². The number of nitrogens with one attached hydrogen (secondary N) is 1. The Morgan fingerprint density at radius 3 is 2.69 bits per heavy atom. The summed E-state index contributed by atoms with van der Waals surface area (Å²) in [7, 11) is 0. The molecule has 1 aromatic carbocycles. The summed E-state index contributed by atoms with van der Waals surface area (Å²) in [4.78, 5) is 0. The third kappa shape index (κ3) is 2.93. The van der Waals surface area contributed by atoms with Crippen molar-refractivity contribution in [2.45, 2.75) is 6.04 Å². The first-order chi connectivity index (χ1) is 7.18. The van der Waals surface area contributed by atoms with Crippen LogP contribution in [0.1, 0.15) is 11.6 Å². The maximum atomic E-state index is 9.76. The summed E-state index contributed by atoms with van der Waals surface area (Å²) >= 11 is 11.8. The molecule has 2 N–H and O–H groups in total. The number of rotatable bonds is 1.